The molecule has 0 bridgehead atoms. The minimum Gasteiger partial charge on any atom is -0.353 e. The molecular formula is C20H22BrNO. The van der Waals surface area contributed by atoms with Crippen LogP contribution in [0.1, 0.15) is 37.3 Å². The van der Waals surface area contributed by atoms with Gasteiger partial charge < -0.3 is 5.32 Å². The number of nitrogens with one attached hydrogen (secondary N) is 1. The maximum absolute atomic E-state index is 12.7. The molecule has 2 aromatic rings. The van der Waals surface area contributed by atoms with Crippen LogP contribution in [-0.2, 0) is 16.6 Å². The number of amides is 1. The molecule has 0 aromatic heterocycles. The summed E-state index contributed by atoms with van der Waals surface area (Å²) in [5, 5.41) is 3.22. The fraction of sp³-hybridized carbons (Fsp3) is 0.350. The van der Waals surface area contributed by atoms with Crippen LogP contribution in [0.5, 0.6) is 0 Å². The lowest BCUT2D eigenvalue weighted by Crippen LogP contribution is -2.40. The second-order valence-electron chi connectivity index (χ2n) is 6.49. The first kappa shape index (κ1) is 16.3. The maximum Gasteiger partial charge on any atom is 0.230 e. The maximum atomic E-state index is 12.7. The lowest BCUT2D eigenvalue weighted by Gasteiger charge is -2.20. The Bertz CT molecular complexity index is 662. The molecule has 0 radical (unpaired) electrons. The minimum atomic E-state index is -0.290. The fourth-order valence-corrected chi connectivity index (χ4v) is 3.27. The topological polar surface area (TPSA) is 29.1 Å². The molecule has 3 rings (SSSR count). The minimum absolute atomic E-state index is 0.181. The smallest absolute Gasteiger partial charge is 0.230 e. The highest BCUT2D eigenvalue weighted by atomic mass is 79.9. The van der Waals surface area contributed by atoms with Gasteiger partial charge in [-0.1, -0.05) is 58.4 Å². The van der Waals surface area contributed by atoms with Gasteiger partial charge in [0.05, 0.1) is 5.41 Å². The highest BCUT2D eigenvalue weighted by Crippen LogP contribution is 2.48. The highest BCUT2D eigenvalue weighted by molar-refractivity contribution is 9.10. The number of hydrogen-bond donors (Lipinski definition) is 1. The predicted molar refractivity (Wildman–Crippen MR) is 97.4 cm³/mol. The molecule has 2 nitrogen and oxygen atoms in total. The number of halogens is 1. The van der Waals surface area contributed by atoms with Crippen molar-refractivity contribution in [2.75, 3.05) is 0 Å². The summed E-state index contributed by atoms with van der Waals surface area (Å²) in [4.78, 5) is 12.7. The molecule has 3 heteroatoms. The Kier molecular flexibility index (Phi) is 4.86. The van der Waals surface area contributed by atoms with Gasteiger partial charge in [-0.2, -0.15) is 0 Å². The summed E-state index contributed by atoms with van der Waals surface area (Å²) in [5.41, 5.74) is 2.16. The first-order chi connectivity index (χ1) is 11.1. The van der Waals surface area contributed by atoms with Crippen LogP contribution < -0.4 is 5.32 Å². The van der Waals surface area contributed by atoms with Crippen LogP contribution in [0, 0.1) is 0 Å². The van der Waals surface area contributed by atoms with Gasteiger partial charge in [0.25, 0.3) is 0 Å². The fourth-order valence-electron chi connectivity index (χ4n) is 3.00. The van der Waals surface area contributed by atoms with E-state index in [2.05, 4.69) is 64.6 Å². The number of carbonyl (C=O) groups is 1. The van der Waals surface area contributed by atoms with Crippen LogP contribution in [-0.4, -0.2) is 11.9 Å². The van der Waals surface area contributed by atoms with Gasteiger partial charge in [-0.15, -0.1) is 0 Å². The largest absolute Gasteiger partial charge is 0.353 e. The van der Waals surface area contributed by atoms with E-state index in [1.54, 1.807) is 0 Å². The van der Waals surface area contributed by atoms with Gasteiger partial charge in [0.1, 0.15) is 0 Å². The standard InChI is InChI=1S/C20H22BrNO/c1-15(7-8-16-5-3-2-4-6-16)22-19(23)20(13-14-20)17-9-11-18(21)12-10-17/h2-6,9-12,15H,7-8,13-14H2,1H3,(H,22,23). The Morgan fingerprint density at radius 2 is 1.78 bits per heavy atom. The molecule has 0 saturated heterocycles. The van der Waals surface area contributed by atoms with E-state index in [1.807, 2.05) is 18.2 Å². The Hall–Kier alpha value is -1.61. The first-order valence-corrected chi connectivity index (χ1v) is 9.00. The average molecular weight is 372 g/mol. The molecule has 120 valence electrons. The van der Waals surface area contributed by atoms with Crippen molar-refractivity contribution in [3.63, 3.8) is 0 Å². The summed E-state index contributed by atoms with van der Waals surface area (Å²) in [6.07, 6.45) is 3.86. The van der Waals surface area contributed by atoms with Gasteiger partial charge >= 0.3 is 0 Å². The first-order valence-electron chi connectivity index (χ1n) is 8.21. The van der Waals surface area contributed by atoms with Crippen LogP contribution in [0.25, 0.3) is 0 Å². The molecule has 1 saturated carbocycles. The lowest BCUT2D eigenvalue weighted by molar-refractivity contribution is -0.124. The number of carbonyl (C=O) groups excluding carboxylic acids is 1. The molecule has 23 heavy (non-hydrogen) atoms. The SMILES string of the molecule is CC(CCc1ccccc1)NC(=O)C1(c2ccc(Br)cc2)CC1. The third-order valence-electron chi connectivity index (χ3n) is 4.67. The van der Waals surface area contributed by atoms with E-state index in [9.17, 15) is 4.79 Å². The average Bonchev–Trinajstić information content (AvgIpc) is 3.36. The molecule has 1 aliphatic carbocycles. The van der Waals surface area contributed by atoms with Crippen molar-refractivity contribution in [1.82, 2.24) is 5.32 Å². The van der Waals surface area contributed by atoms with E-state index < -0.39 is 0 Å². The van der Waals surface area contributed by atoms with Crippen LogP contribution in [0.2, 0.25) is 0 Å². The molecule has 1 fully saturated rings. The van der Waals surface area contributed by atoms with Gasteiger partial charge in [0.15, 0.2) is 0 Å². The van der Waals surface area contributed by atoms with Crippen molar-refractivity contribution in [3.8, 4) is 0 Å². The Morgan fingerprint density at radius 3 is 2.39 bits per heavy atom. The normalized spacial score (nSPS) is 16.6. The van der Waals surface area contributed by atoms with E-state index in [-0.39, 0.29) is 17.4 Å². The second kappa shape index (κ2) is 6.88. The summed E-state index contributed by atoms with van der Waals surface area (Å²) in [5.74, 6) is 0.181. The molecule has 1 aliphatic rings. The number of rotatable bonds is 6. The quantitative estimate of drug-likeness (QED) is 0.788. The third kappa shape index (κ3) is 3.84. The van der Waals surface area contributed by atoms with E-state index in [1.165, 1.54) is 5.56 Å². The van der Waals surface area contributed by atoms with E-state index in [0.29, 0.717) is 0 Å². The summed E-state index contributed by atoms with van der Waals surface area (Å²) in [7, 11) is 0. The van der Waals surface area contributed by atoms with Gasteiger partial charge in [0, 0.05) is 10.5 Å². The van der Waals surface area contributed by atoms with Crippen molar-refractivity contribution in [3.05, 3.63) is 70.2 Å². The molecule has 0 spiro atoms. The van der Waals surface area contributed by atoms with E-state index in [4.69, 9.17) is 0 Å². The summed E-state index contributed by atoms with van der Waals surface area (Å²) in [6, 6.07) is 18.8. The monoisotopic (exact) mass is 371 g/mol. The van der Waals surface area contributed by atoms with Crippen LogP contribution in [0.4, 0.5) is 0 Å². The Balaban J connectivity index is 1.57. The van der Waals surface area contributed by atoms with Crippen molar-refractivity contribution >= 4 is 21.8 Å². The van der Waals surface area contributed by atoms with Crippen molar-refractivity contribution in [1.29, 1.82) is 0 Å². The molecule has 0 heterocycles. The Labute approximate surface area is 146 Å². The zero-order valence-corrected chi connectivity index (χ0v) is 15.0. The van der Waals surface area contributed by atoms with Gasteiger partial charge in [-0.05, 0) is 55.9 Å². The molecular weight excluding hydrogens is 350 g/mol. The predicted octanol–water partition coefficient (Wildman–Crippen LogP) is 4.62. The number of aryl methyl sites for hydroxylation is 1. The summed E-state index contributed by atoms with van der Waals surface area (Å²) < 4.78 is 1.05. The number of hydrogen-bond acceptors (Lipinski definition) is 1. The molecule has 2 aromatic carbocycles. The molecule has 0 aliphatic heterocycles. The molecule has 1 N–H and O–H groups in total. The second-order valence-corrected chi connectivity index (χ2v) is 7.40. The van der Waals surface area contributed by atoms with Crippen LogP contribution in [0.15, 0.2) is 59.1 Å². The molecule has 1 amide bonds. The summed E-state index contributed by atoms with van der Waals surface area (Å²) >= 11 is 3.45. The number of benzene rings is 2. The highest BCUT2D eigenvalue weighted by Gasteiger charge is 2.51. The van der Waals surface area contributed by atoms with Crippen LogP contribution in [0.3, 0.4) is 0 Å². The molecule has 1 atom stereocenters. The lowest BCUT2D eigenvalue weighted by atomic mass is 9.94. The summed E-state index contributed by atoms with van der Waals surface area (Å²) in [6.45, 7) is 2.10. The van der Waals surface area contributed by atoms with Crippen molar-refractivity contribution < 1.29 is 4.79 Å². The zero-order valence-electron chi connectivity index (χ0n) is 13.4. The van der Waals surface area contributed by atoms with E-state index >= 15 is 0 Å². The van der Waals surface area contributed by atoms with Crippen molar-refractivity contribution in [2.24, 2.45) is 0 Å². The van der Waals surface area contributed by atoms with Gasteiger partial charge in [-0.3, -0.25) is 4.79 Å². The third-order valence-corrected chi connectivity index (χ3v) is 5.20. The van der Waals surface area contributed by atoms with E-state index in [0.717, 1.165) is 35.7 Å². The van der Waals surface area contributed by atoms with Crippen molar-refractivity contribution in [2.45, 2.75) is 44.1 Å². The Morgan fingerprint density at radius 1 is 1.13 bits per heavy atom. The van der Waals surface area contributed by atoms with Gasteiger partial charge in [0.2, 0.25) is 5.91 Å². The van der Waals surface area contributed by atoms with Gasteiger partial charge in [-0.25, -0.2) is 0 Å². The van der Waals surface area contributed by atoms with Crippen LogP contribution >= 0.6 is 15.9 Å². The molecule has 1 unspecified atom stereocenters. The zero-order chi connectivity index (χ0) is 16.3.